The summed E-state index contributed by atoms with van der Waals surface area (Å²) in [4.78, 5) is 27.0. The Labute approximate surface area is 130 Å². The Balaban J connectivity index is 2.51. The molecule has 4 nitrogen and oxygen atoms in total. The second-order valence-electron chi connectivity index (χ2n) is 6.02. The van der Waals surface area contributed by atoms with Gasteiger partial charge < -0.3 is 5.32 Å². The van der Waals surface area contributed by atoms with Crippen LogP contribution < -0.4 is 10.2 Å². The van der Waals surface area contributed by atoms with Crippen molar-refractivity contribution in [2.45, 2.75) is 45.7 Å². The number of carbonyl (C=O) groups is 2. The molecule has 0 aromatic heterocycles. The van der Waals surface area contributed by atoms with Gasteiger partial charge in [0.1, 0.15) is 11.6 Å². The van der Waals surface area contributed by atoms with Gasteiger partial charge in [-0.15, -0.1) is 0 Å². The van der Waals surface area contributed by atoms with Crippen LogP contribution in [0.5, 0.6) is 0 Å². The molecule has 0 aliphatic carbocycles. The Bertz CT molecular complexity index is 556. The summed E-state index contributed by atoms with van der Waals surface area (Å²) in [6, 6.07) is 6.53. The molecular weight excluding hydrogens is 288 g/mol. The van der Waals surface area contributed by atoms with Crippen LogP contribution in [0, 0.1) is 5.92 Å². The van der Waals surface area contributed by atoms with E-state index in [9.17, 15) is 9.59 Å². The van der Waals surface area contributed by atoms with Crippen LogP contribution in [0.25, 0.3) is 0 Å². The van der Waals surface area contributed by atoms with E-state index in [-0.39, 0.29) is 17.7 Å². The fourth-order valence-corrected chi connectivity index (χ4v) is 2.75. The SMILES string of the molecule is CCC1(C)NC(=O)C(C(C)C)N(c2ccc(Cl)cc2)C1=O. The molecule has 114 valence electrons. The summed E-state index contributed by atoms with van der Waals surface area (Å²) in [5.74, 6) is -0.166. The van der Waals surface area contributed by atoms with E-state index in [4.69, 9.17) is 11.6 Å². The maximum absolute atomic E-state index is 12.9. The fraction of sp³-hybridized carbons (Fsp3) is 0.500. The number of hydrogen-bond acceptors (Lipinski definition) is 2. The third kappa shape index (κ3) is 2.77. The molecule has 1 aliphatic heterocycles. The summed E-state index contributed by atoms with van der Waals surface area (Å²) in [5.41, 5.74) is -0.153. The molecule has 1 fully saturated rings. The number of halogens is 1. The number of rotatable bonds is 3. The smallest absolute Gasteiger partial charge is 0.253 e. The molecule has 5 heteroatoms. The van der Waals surface area contributed by atoms with E-state index in [1.807, 2.05) is 20.8 Å². The summed E-state index contributed by atoms with van der Waals surface area (Å²) >= 11 is 5.92. The summed E-state index contributed by atoms with van der Waals surface area (Å²) in [6.45, 7) is 7.55. The van der Waals surface area contributed by atoms with Crippen LogP contribution in [-0.2, 0) is 9.59 Å². The van der Waals surface area contributed by atoms with E-state index < -0.39 is 11.6 Å². The van der Waals surface area contributed by atoms with E-state index >= 15 is 0 Å². The van der Waals surface area contributed by atoms with Crippen LogP contribution in [0.2, 0.25) is 5.02 Å². The van der Waals surface area contributed by atoms with Crippen LogP contribution in [-0.4, -0.2) is 23.4 Å². The molecule has 0 spiro atoms. The average Bonchev–Trinajstić information content (AvgIpc) is 2.43. The van der Waals surface area contributed by atoms with Gasteiger partial charge in [-0.1, -0.05) is 32.4 Å². The molecular formula is C16H21ClN2O2. The van der Waals surface area contributed by atoms with Gasteiger partial charge in [-0.2, -0.15) is 0 Å². The maximum Gasteiger partial charge on any atom is 0.253 e. The van der Waals surface area contributed by atoms with Gasteiger partial charge in [0.25, 0.3) is 5.91 Å². The van der Waals surface area contributed by atoms with Crippen LogP contribution in [0.15, 0.2) is 24.3 Å². The molecule has 1 N–H and O–H groups in total. The third-order valence-corrected chi connectivity index (χ3v) is 4.33. The van der Waals surface area contributed by atoms with Crippen molar-refractivity contribution >= 4 is 29.1 Å². The van der Waals surface area contributed by atoms with Gasteiger partial charge in [0.15, 0.2) is 0 Å². The lowest BCUT2D eigenvalue weighted by atomic mass is 9.88. The van der Waals surface area contributed by atoms with E-state index in [1.54, 1.807) is 36.1 Å². The van der Waals surface area contributed by atoms with Crippen LogP contribution in [0.4, 0.5) is 5.69 Å². The van der Waals surface area contributed by atoms with Crippen LogP contribution >= 0.6 is 11.6 Å². The number of benzene rings is 1. The minimum absolute atomic E-state index is 0.0195. The van der Waals surface area contributed by atoms with E-state index in [2.05, 4.69) is 5.32 Å². The Morgan fingerprint density at radius 3 is 2.33 bits per heavy atom. The second kappa shape index (κ2) is 5.68. The van der Waals surface area contributed by atoms with Crippen molar-refractivity contribution in [1.29, 1.82) is 0 Å². The molecule has 1 heterocycles. The monoisotopic (exact) mass is 308 g/mol. The van der Waals surface area contributed by atoms with Crippen LogP contribution in [0.1, 0.15) is 34.1 Å². The number of amides is 2. The molecule has 1 aromatic rings. The van der Waals surface area contributed by atoms with E-state index in [0.717, 1.165) is 0 Å². The van der Waals surface area contributed by atoms with E-state index in [1.165, 1.54) is 0 Å². The zero-order valence-electron chi connectivity index (χ0n) is 12.8. The molecule has 1 aliphatic rings. The van der Waals surface area contributed by atoms with Crippen molar-refractivity contribution in [2.75, 3.05) is 4.90 Å². The van der Waals surface area contributed by atoms with Gasteiger partial charge in [-0.05, 0) is 43.5 Å². The van der Waals surface area contributed by atoms with Gasteiger partial charge in [0.2, 0.25) is 5.91 Å². The zero-order chi connectivity index (χ0) is 15.8. The van der Waals surface area contributed by atoms with Crippen molar-refractivity contribution in [3.8, 4) is 0 Å². The first-order valence-electron chi connectivity index (χ1n) is 7.21. The number of nitrogens with one attached hydrogen (secondary N) is 1. The summed E-state index contributed by atoms with van der Waals surface area (Å²) < 4.78 is 0. The molecule has 2 amide bonds. The van der Waals surface area contributed by atoms with Gasteiger partial charge in [-0.3, -0.25) is 14.5 Å². The molecule has 2 atom stereocenters. The molecule has 21 heavy (non-hydrogen) atoms. The van der Waals surface area contributed by atoms with Gasteiger partial charge >= 0.3 is 0 Å². The predicted octanol–water partition coefficient (Wildman–Crippen LogP) is 3.00. The molecule has 2 rings (SSSR count). The maximum atomic E-state index is 12.9. The number of carbonyl (C=O) groups excluding carboxylic acids is 2. The number of anilines is 1. The largest absolute Gasteiger partial charge is 0.340 e. The average molecular weight is 309 g/mol. The van der Waals surface area contributed by atoms with Crippen LogP contribution in [0.3, 0.4) is 0 Å². The van der Waals surface area contributed by atoms with Crippen molar-refractivity contribution in [3.05, 3.63) is 29.3 Å². The Kier molecular flexibility index (Phi) is 4.28. The molecule has 0 bridgehead atoms. The Morgan fingerprint density at radius 1 is 1.29 bits per heavy atom. The Hall–Kier alpha value is -1.55. The molecule has 2 unspecified atom stereocenters. The van der Waals surface area contributed by atoms with Crippen molar-refractivity contribution < 1.29 is 9.59 Å². The second-order valence-corrected chi connectivity index (χ2v) is 6.45. The normalized spacial score (nSPS) is 26.2. The highest BCUT2D eigenvalue weighted by Gasteiger charge is 2.48. The highest BCUT2D eigenvalue weighted by atomic mass is 35.5. The molecule has 0 radical (unpaired) electrons. The first-order chi connectivity index (χ1) is 9.80. The lowest BCUT2D eigenvalue weighted by Gasteiger charge is -2.45. The highest BCUT2D eigenvalue weighted by molar-refractivity contribution is 6.30. The fourth-order valence-electron chi connectivity index (χ4n) is 2.63. The quantitative estimate of drug-likeness (QED) is 0.933. The summed E-state index contributed by atoms with van der Waals surface area (Å²) in [6.07, 6.45) is 0.548. The Morgan fingerprint density at radius 2 is 1.86 bits per heavy atom. The van der Waals surface area contributed by atoms with Crippen molar-refractivity contribution in [2.24, 2.45) is 5.92 Å². The lowest BCUT2D eigenvalue weighted by Crippen LogP contribution is -2.70. The molecule has 0 saturated carbocycles. The number of piperazine rings is 1. The number of nitrogens with zero attached hydrogens (tertiary/aromatic N) is 1. The third-order valence-electron chi connectivity index (χ3n) is 4.08. The predicted molar refractivity (Wildman–Crippen MR) is 84.4 cm³/mol. The summed E-state index contributed by atoms with van der Waals surface area (Å²) in [7, 11) is 0. The van der Waals surface area contributed by atoms with E-state index in [0.29, 0.717) is 17.1 Å². The van der Waals surface area contributed by atoms with Gasteiger partial charge in [-0.25, -0.2) is 0 Å². The zero-order valence-corrected chi connectivity index (χ0v) is 13.6. The summed E-state index contributed by atoms with van der Waals surface area (Å²) in [5, 5.41) is 3.48. The van der Waals surface area contributed by atoms with Crippen molar-refractivity contribution in [1.82, 2.24) is 5.32 Å². The topological polar surface area (TPSA) is 49.4 Å². The number of hydrogen-bond donors (Lipinski definition) is 1. The van der Waals surface area contributed by atoms with Crippen molar-refractivity contribution in [3.63, 3.8) is 0 Å². The molecule has 1 saturated heterocycles. The lowest BCUT2D eigenvalue weighted by molar-refractivity contribution is -0.138. The van der Waals surface area contributed by atoms with Gasteiger partial charge in [0.05, 0.1) is 0 Å². The standard InChI is InChI=1S/C16H21ClN2O2/c1-5-16(4)15(21)19(12-8-6-11(17)7-9-12)13(10(2)3)14(20)18-16/h6-10,13H,5H2,1-4H3,(H,18,20). The highest BCUT2D eigenvalue weighted by Crippen LogP contribution is 2.30. The minimum Gasteiger partial charge on any atom is -0.340 e. The minimum atomic E-state index is -0.859. The first kappa shape index (κ1) is 15.8. The van der Waals surface area contributed by atoms with Gasteiger partial charge in [0, 0.05) is 10.7 Å². The first-order valence-corrected chi connectivity index (χ1v) is 7.59. The molecule has 1 aromatic carbocycles.